The summed E-state index contributed by atoms with van der Waals surface area (Å²) in [6.45, 7) is 9.04. The third kappa shape index (κ3) is 8.63. The SMILES string of the molecule is CCCC(CCSCC)CNCC. The highest BCUT2D eigenvalue weighted by atomic mass is 32.2. The first kappa shape index (κ1) is 13.3. The third-order valence-electron chi connectivity index (χ3n) is 2.25. The zero-order valence-corrected chi connectivity index (χ0v) is 10.3. The molecule has 0 amide bonds. The van der Waals surface area contributed by atoms with Gasteiger partial charge in [-0.2, -0.15) is 11.8 Å². The molecule has 0 radical (unpaired) electrons. The van der Waals surface area contributed by atoms with Crippen molar-refractivity contribution in [2.45, 2.75) is 40.0 Å². The zero-order valence-electron chi connectivity index (χ0n) is 9.44. The van der Waals surface area contributed by atoms with Crippen LogP contribution in [0.1, 0.15) is 40.0 Å². The van der Waals surface area contributed by atoms with E-state index in [1.165, 1.54) is 37.3 Å². The molecule has 2 heteroatoms. The summed E-state index contributed by atoms with van der Waals surface area (Å²) in [6, 6.07) is 0. The van der Waals surface area contributed by atoms with Crippen LogP contribution < -0.4 is 5.32 Å². The standard InChI is InChI=1S/C11H25NS/c1-4-7-11(10-12-5-2)8-9-13-6-3/h11-12H,4-10H2,1-3H3. The smallest absolute Gasteiger partial charge is 0.00203 e. The first-order chi connectivity index (χ1) is 6.35. The molecule has 0 bridgehead atoms. The molecule has 0 fully saturated rings. The van der Waals surface area contributed by atoms with Crippen molar-refractivity contribution in [1.82, 2.24) is 5.32 Å². The molecule has 0 spiro atoms. The van der Waals surface area contributed by atoms with E-state index >= 15 is 0 Å². The predicted molar refractivity (Wildman–Crippen MR) is 64.6 cm³/mol. The van der Waals surface area contributed by atoms with Crippen LogP contribution in [0.2, 0.25) is 0 Å². The molecule has 1 atom stereocenters. The fourth-order valence-electron chi connectivity index (χ4n) is 1.50. The Bertz CT molecular complexity index is 96.1. The van der Waals surface area contributed by atoms with E-state index in [1.54, 1.807) is 0 Å². The molecule has 0 aromatic carbocycles. The van der Waals surface area contributed by atoms with E-state index in [0.717, 1.165) is 12.5 Å². The van der Waals surface area contributed by atoms with Crippen molar-refractivity contribution < 1.29 is 0 Å². The molecule has 0 aliphatic rings. The second-order valence-corrected chi connectivity index (χ2v) is 4.84. The minimum atomic E-state index is 0.906. The van der Waals surface area contributed by atoms with Crippen LogP contribution in [0.4, 0.5) is 0 Å². The summed E-state index contributed by atoms with van der Waals surface area (Å²) in [5, 5.41) is 3.45. The van der Waals surface area contributed by atoms with Gasteiger partial charge in [-0.15, -0.1) is 0 Å². The van der Waals surface area contributed by atoms with Gasteiger partial charge in [0.2, 0.25) is 0 Å². The average molecular weight is 203 g/mol. The van der Waals surface area contributed by atoms with Gasteiger partial charge in [-0.1, -0.05) is 27.2 Å². The van der Waals surface area contributed by atoms with Gasteiger partial charge >= 0.3 is 0 Å². The molecular weight excluding hydrogens is 178 g/mol. The van der Waals surface area contributed by atoms with Gasteiger partial charge in [-0.3, -0.25) is 0 Å². The van der Waals surface area contributed by atoms with Gasteiger partial charge in [0.1, 0.15) is 0 Å². The topological polar surface area (TPSA) is 12.0 Å². The summed E-state index contributed by atoms with van der Waals surface area (Å²) in [6.07, 6.45) is 4.10. The van der Waals surface area contributed by atoms with E-state index in [4.69, 9.17) is 0 Å². The van der Waals surface area contributed by atoms with Gasteiger partial charge in [-0.05, 0) is 43.4 Å². The fourth-order valence-corrected chi connectivity index (χ4v) is 2.29. The molecule has 0 aliphatic carbocycles. The highest BCUT2D eigenvalue weighted by Crippen LogP contribution is 2.14. The maximum atomic E-state index is 3.45. The second kappa shape index (κ2) is 10.4. The minimum absolute atomic E-state index is 0.906. The Morgan fingerprint density at radius 2 is 1.92 bits per heavy atom. The molecule has 0 aromatic heterocycles. The van der Waals surface area contributed by atoms with Gasteiger partial charge in [0, 0.05) is 0 Å². The van der Waals surface area contributed by atoms with Crippen LogP contribution in [-0.4, -0.2) is 24.6 Å². The largest absolute Gasteiger partial charge is 0.317 e. The summed E-state index contributed by atoms with van der Waals surface area (Å²) in [4.78, 5) is 0. The quantitative estimate of drug-likeness (QED) is 0.578. The zero-order chi connectivity index (χ0) is 9.94. The van der Waals surface area contributed by atoms with E-state index in [1.807, 2.05) is 0 Å². The summed E-state index contributed by atoms with van der Waals surface area (Å²) in [7, 11) is 0. The normalized spacial score (nSPS) is 13.2. The first-order valence-corrected chi connectivity index (χ1v) is 6.79. The van der Waals surface area contributed by atoms with Crippen molar-refractivity contribution in [1.29, 1.82) is 0 Å². The lowest BCUT2D eigenvalue weighted by molar-refractivity contribution is 0.437. The Hall–Kier alpha value is 0.310. The summed E-state index contributed by atoms with van der Waals surface area (Å²) in [5.74, 6) is 3.51. The molecule has 1 N–H and O–H groups in total. The number of thioether (sulfide) groups is 1. The lowest BCUT2D eigenvalue weighted by Crippen LogP contribution is -2.22. The highest BCUT2D eigenvalue weighted by Gasteiger charge is 2.05. The van der Waals surface area contributed by atoms with Crippen LogP contribution in [0.15, 0.2) is 0 Å². The molecule has 0 heterocycles. The Labute approximate surface area is 88.1 Å². The van der Waals surface area contributed by atoms with Crippen LogP contribution in [0, 0.1) is 5.92 Å². The molecule has 0 aromatic rings. The molecule has 0 aliphatic heterocycles. The van der Waals surface area contributed by atoms with Crippen LogP contribution in [0.5, 0.6) is 0 Å². The number of hydrogen-bond donors (Lipinski definition) is 1. The Kier molecular flexibility index (Phi) is 10.6. The van der Waals surface area contributed by atoms with E-state index in [9.17, 15) is 0 Å². The van der Waals surface area contributed by atoms with Crippen molar-refractivity contribution in [2.75, 3.05) is 24.6 Å². The fraction of sp³-hybridized carbons (Fsp3) is 1.00. The second-order valence-electron chi connectivity index (χ2n) is 3.45. The van der Waals surface area contributed by atoms with E-state index < -0.39 is 0 Å². The molecule has 80 valence electrons. The van der Waals surface area contributed by atoms with E-state index in [2.05, 4.69) is 37.8 Å². The summed E-state index contributed by atoms with van der Waals surface area (Å²) < 4.78 is 0. The number of nitrogens with one attached hydrogen (secondary N) is 1. The van der Waals surface area contributed by atoms with Gasteiger partial charge in [0.15, 0.2) is 0 Å². The number of rotatable bonds is 9. The molecule has 0 rings (SSSR count). The molecular formula is C11H25NS. The van der Waals surface area contributed by atoms with Crippen molar-refractivity contribution in [3.63, 3.8) is 0 Å². The van der Waals surface area contributed by atoms with Crippen LogP contribution in [0.25, 0.3) is 0 Å². The number of hydrogen-bond acceptors (Lipinski definition) is 2. The van der Waals surface area contributed by atoms with Crippen molar-refractivity contribution in [3.05, 3.63) is 0 Å². The van der Waals surface area contributed by atoms with Gasteiger partial charge in [0.05, 0.1) is 0 Å². The third-order valence-corrected chi connectivity index (χ3v) is 3.19. The highest BCUT2D eigenvalue weighted by molar-refractivity contribution is 7.99. The van der Waals surface area contributed by atoms with Gasteiger partial charge in [0.25, 0.3) is 0 Å². The van der Waals surface area contributed by atoms with Crippen LogP contribution in [0.3, 0.4) is 0 Å². The minimum Gasteiger partial charge on any atom is -0.317 e. The van der Waals surface area contributed by atoms with Crippen LogP contribution in [-0.2, 0) is 0 Å². The lowest BCUT2D eigenvalue weighted by atomic mass is 10.0. The molecule has 0 saturated carbocycles. The molecule has 1 nitrogen and oxygen atoms in total. The van der Waals surface area contributed by atoms with Gasteiger partial charge in [-0.25, -0.2) is 0 Å². The summed E-state index contributed by atoms with van der Waals surface area (Å²) >= 11 is 2.07. The Morgan fingerprint density at radius 3 is 2.46 bits per heavy atom. The lowest BCUT2D eigenvalue weighted by Gasteiger charge is -2.15. The summed E-state index contributed by atoms with van der Waals surface area (Å²) in [5.41, 5.74) is 0. The van der Waals surface area contributed by atoms with Crippen molar-refractivity contribution >= 4 is 11.8 Å². The van der Waals surface area contributed by atoms with Crippen molar-refractivity contribution in [2.24, 2.45) is 5.92 Å². The van der Waals surface area contributed by atoms with E-state index in [-0.39, 0.29) is 0 Å². The molecule has 0 saturated heterocycles. The van der Waals surface area contributed by atoms with Gasteiger partial charge < -0.3 is 5.32 Å². The van der Waals surface area contributed by atoms with E-state index in [0.29, 0.717) is 0 Å². The Morgan fingerprint density at radius 1 is 1.15 bits per heavy atom. The first-order valence-electron chi connectivity index (χ1n) is 5.63. The molecule has 13 heavy (non-hydrogen) atoms. The van der Waals surface area contributed by atoms with Crippen molar-refractivity contribution in [3.8, 4) is 0 Å². The molecule has 1 unspecified atom stereocenters. The maximum Gasteiger partial charge on any atom is -0.00203 e. The predicted octanol–water partition coefficient (Wildman–Crippen LogP) is 3.16. The average Bonchev–Trinajstić information content (AvgIpc) is 2.14. The Balaban J connectivity index is 3.41. The monoisotopic (exact) mass is 203 g/mol. The maximum absolute atomic E-state index is 3.45. The van der Waals surface area contributed by atoms with Crippen LogP contribution >= 0.6 is 11.8 Å².